The third-order valence-electron chi connectivity index (χ3n) is 1.61. The molecule has 7 heteroatoms. The average molecular weight is 230 g/mol. The zero-order valence-corrected chi connectivity index (χ0v) is 8.61. The van der Waals surface area contributed by atoms with Crippen molar-refractivity contribution in [2.24, 2.45) is 0 Å². The smallest absolute Gasteiger partial charge is 0.263 e. The Balaban J connectivity index is 2.54. The quantitative estimate of drug-likeness (QED) is 0.583. The van der Waals surface area contributed by atoms with Gasteiger partial charge in [-0.3, -0.25) is 10.1 Å². The summed E-state index contributed by atoms with van der Waals surface area (Å²) in [7, 11) is -3.83. The molecule has 0 saturated heterocycles. The summed E-state index contributed by atoms with van der Waals surface area (Å²) in [5, 5.41) is 10.0. The molecule has 0 spiro atoms. The van der Waals surface area contributed by atoms with Crippen molar-refractivity contribution in [2.75, 3.05) is 5.88 Å². The highest BCUT2D eigenvalue weighted by molar-refractivity contribution is 7.89. The normalized spacial score (nSPS) is 11.2. The molecule has 0 unspecified atom stereocenters. The molecule has 1 rings (SSSR count). The number of nitrogens with one attached hydrogen (secondary N) is 1. The molecule has 1 aromatic carbocycles. The van der Waals surface area contributed by atoms with E-state index in [-0.39, 0.29) is 6.54 Å². The number of hydrogen-bond acceptors (Lipinski definition) is 4. The number of nitro groups is 1. The van der Waals surface area contributed by atoms with Gasteiger partial charge in [-0.15, -0.1) is 0 Å². The van der Waals surface area contributed by atoms with Crippen LogP contribution in [0.3, 0.4) is 0 Å². The molecule has 0 fully saturated rings. The molecule has 6 nitrogen and oxygen atoms in total. The SMILES string of the molecule is O=[N+]([O-])CS(=O)(=O)NCc1ccccc1. The summed E-state index contributed by atoms with van der Waals surface area (Å²) in [5.41, 5.74) is 0.754. The standard InChI is InChI=1S/C8H10N2O4S/c11-10(12)7-15(13,14)9-6-8-4-2-1-3-5-8/h1-5,9H,6-7H2. The summed E-state index contributed by atoms with van der Waals surface area (Å²) in [4.78, 5) is 9.13. The lowest BCUT2D eigenvalue weighted by atomic mass is 10.2. The van der Waals surface area contributed by atoms with Gasteiger partial charge in [0.25, 0.3) is 10.0 Å². The van der Waals surface area contributed by atoms with Crippen LogP contribution in [0.1, 0.15) is 5.56 Å². The Labute approximate surface area is 87.1 Å². The van der Waals surface area contributed by atoms with Gasteiger partial charge in [-0.05, 0) is 5.56 Å². The van der Waals surface area contributed by atoms with Crippen molar-refractivity contribution in [2.45, 2.75) is 6.54 Å². The van der Waals surface area contributed by atoms with Crippen molar-refractivity contribution in [3.05, 3.63) is 46.0 Å². The van der Waals surface area contributed by atoms with Gasteiger partial charge in [0.15, 0.2) is 0 Å². The number of nitrogens with zero attached hydrogens (tertiary/aromatic N) is 1. The van der Waals surface area contributed by atoms with Crippen LogP contribution in [0.5, 0.6) is 0 Å². The van der Waals surface area contributed by atoms with Gasteiger partial charge in [0, 0.05) is 11.5 Å². The zero-order chi connectivity index (χ0) is 11.3. The Morgan fingerprint density at radius 3 is 2.40 bits per heavy atom. The van der Waals surface area contributed by atoms with E-state index >= 15 is 0 Å². The van der Waals surface area contributed by atoms with E-state index in [0.717, 1.165) is 5.56 Å². The highest BCUT2D eigenvalue weighted by Gasteiger charge is 2.16. The Morgan fingerprint density at radius 1 is 1.27 bits per heavy atom. The van der Waals surface area contributed by atoms with Crippen LogP contribution in [0.2, 0.25) is 0 Å². The van der Waals surface area contributed by atoms with Crippen molar-refractivity contribution in [1.29, 1.82) is 0 Å². The third-order valence-corrected chi connectivity index (χ3v) is 2.75. The van der Waals surface area contributed by atoms with E-state index in [0.29, 0.717) is 0 Å². The third kappa shape index (κ3) is 4.52. The predicted octanol–water partition coefficient (Wildman–Crippen LogP) is 0.340. The lowest BCUT2D eigenvalue weighted by Crippen LogP contribution is -2.29. The lowest BCUT2D eigenvalue weighted by molar-refractivity contribution is -0.458. The molecule has 1 N–H and O–H groups in total. The van der Waals surface area contributed by atoms with Crippen LogP contribution in [0.25, 0.3) is 0 Å². The van der Waals surface area contributed by atoms with Gasteiger partial charge in [0.2, 0.25) is 0 Å². The number of sulfonamides is 1. The van der Waals surface area contributed by atoms with Gasteiger partial charge in [-0.2, -0.15) is 0 Å². The van der Waals surface area contributed by atoms with Crippen molar-refractivity contribution < 1.29 is 13.3 Å². The summed E-state index contributed by atoms with van der Waals surface area (Å²) in [5.74, 6) is -1.10. The van der Waals surface area contributed by atoms with Crippen LogP contribution < -0.4 is 4.72 Å². The van der Waals surface area contributed by atoms with Crippen LogP contribution in [-0.2, 0) is 16.6 Å². The maximum absolute atomic E-state index is 11.1. The van der Waals surface area contributed by atoms with Crippen LogP contribution in [0.15, 0.2) is 30.3 Å². The van der Waals surface area contributed by atoms with Crippen molar-refractivity contribution >= 4 is 10.0 Å². The molecule has 0 amide bonds. The molecule has 0 aliphatic heterocycles. The molecule has 0 aromatic heterocycles. The van der Waals surface area contributed by atoms with Crippen molar-refractivity contribution in [3.63, 3.8) is 0 Å². The molecule has 82 valence electrons. The van der Waals surface area contributed by atoms with Crippen molar-refractivity contribution in [3.8, 4) is 0 Å². The zero-order valence-electron chi connectivity index (χ0n) is 7.79. The number of rotatable bonds is 5. The molecule has 0 aliphatic rings. The van der Waals surface area contributed by atoms with Gasteiger partial charge >= 0.3 is 5.88 Å². The highest BCUT2D eigenvalue weighted by Crippen LogP contribution is 1.98. The number of hydrogen-bond donors (Lipinski definition) is 1. The fourth-order valence-electron chi connectivity index (χ4n) is 0.974. The molecule has 0 radical (unpaired) electrons. The topological polar surface area (TPSA) is 89.3 Å². The van der Waals surface area contributed by atoms with Gasteiger partial charge in [0.05, 0.1) is 0 Å². The maximum Gasteiger partial charge on any atom is 0.315 e. The molecule has 0 saturated carbocycles. The molecule has 1 aromatic rings. The molecule has 0 heterocycles. The molecular weight excluding hydrogens is 220 g/mol. The molecule has 0 atom stereocenters. The molecule has 15 heavy (non-hydrogen) atoms. The van der Waals surface area contributed by atoms with Gasteiger partial charge < -0.3 is 0 Å². The van der Waals surface area contributed by atoms with Crippen LogP contribution in [-0.4, -0.2) is 19.2 Å². The second-order valence-electron chi connectivity index (χ2n) is 2.88. The van der Waals surface area contributed by atoms with E-state index in [1.165, 1.54) is 0 Å². The van der Waals surface area contributed by atoms with Crippen LogP contribution >= 0.6 is 0 Å². The second kappa shape index (κ2) is 4.85. The molecule has 0 aliphatic carbocycles. The largest absolute Gasteiger partial charge is 0.315 e. The first-order valence-corrected chi connectivity index (χ1v) is 5.78. The Kier molecular flexibility index (Phi) is 3.75. The first-order valence-electron chi connectivity index (χ1n) is 4.13. The van der Waals surface area contributed by atoms with E-state index in [1.807, 2.05) is 0 Å². The minimum atomic E-state index is -3.83. The minimum Gasteiger partial charge on any atom is -0.263 e. The van der Waals surface area contributed by atoms with Gasteiger partial charge in [0.1, 0.15) is 0 Å². The second-order valence-corrected chi connectivity index (χ2v) is 4.66. The Morgan fingerprint density at radius 2 is 1.87 bits per heavy atom. The van der Waals surface area contributed by atoms with Gasteiger partial charge in [-0.25, -0.2) is 13.1 Å². The van der Waals surface area contributed by atoms with Gasteiger partial charge in [-0.1, -0.05) is 30.3 Å². The van der Waals surface area contributed by atoms with E-state index in [1.54, 1.807) is 30.3 Å². The number of benzene rings is 1. The lowest BCUT2D eigenvalue weighted by Gasteiger charge is -2.02. The summed E-state index contributed by atoms with van der Waals surface area (Å²) in [6.45, 7) is 0.0665. The monoisotopic (exact) mass is 230 g/mol. The van der Waals surface area contributed by atoms with Crippen LogP contribution in [0, 0.1) is 10.1 Å². The summed E-state index contributed by atoms with van der Waals surface area (Å²) >= 11 is 0. The Bertz CT molecular complexity index is 429. The summed E-state index contributed by atoms with van der Waals surface area (Å²) in [6.07, 6.45) is 0. The average Bonchev–Trinajstić information content (AvgIpc) is 2.15. The highest BCUT2D eigenvalue weighted by atomic mass is 32.2. The van der Waals surface area contributed by atoms with E-state index in [4.69, 9.17) is 0 Å². The summed E-state index contributed by atoms with van der Waals surface area (Å²) in [6, 6.07) is 8.78. The molecule has 0 bridgehead atoms. The fraction of sp³-hybridized carbons (Fsp3) is 0.250. The first kappa shape index (κ1) is 11.6. The van der Waals surface area contributed by atoms with E-state index in [9.17, 15) is 18.5 Å². The Hall–Kier alpha value is -1.47. The van der Waals surface area contributed by atoms with Crippen molar-refractivity contribution in [1.82, 2.24) is 4.72 Å². The van der Waals surface area contributed by atoms with E-state index < -0.39 is 20.8 Å². The van der Waals surface area contributed by atoms with Crippen LogP contribution in [0.4, 0.5) is 0 Å². The fourth-order valence-corrected chi connectivity index (χ4v) is 1.73. The minimum absolute atomic E-state index is 0.0665. The maximum atomic E-state index is 11.1. The molecular formula is C8H10N2O4S. The first-order chi connectivity index (χ1) is 6.99. The summed E-state index contributed by atoms with van der Waals surface area (Å²) < 4.78 is 24.3. The predicted molar refractivity (Wildman–Crippen MR) is 54.1 cm³/mol. The van der Waals surface area contributed by atoms with E-state index in [2.05, 4.69) is 4.72 Å².